The number of ether oxygens (including phenoxy) is 3. The number of rotatable bonds is 8. The predicted molar refractivity (Wildman–Crippen MR) is 154 cm³/mol. The monoisotopic (exact) mass is 603 g/mol. The number of allylic oxidation sites excluding steroid dienone is 1. The highest BCUT2D eigenvalue weighted by molar-refractivity contribution is 8.76. The number of carbonyl (C=O) groups is 3. The highest BCUT2D eigenvalue weighted by Gasteiger charge is 2.82. The van der Waals surface area contributed by atoms with E-state index in [4.69, 9.17) is 14.2 Å². The fourth-order valence-corrected chi connectivity index (χ4v) is 9.25. The Balaban J connectivity index is 1.33. The predicted octanol–water partition coefficient (Wildman–Crippen LogP) is 4.53. The van der Waals surface area contributed by atoms with Crippen LogP contribution in [0, 0.1) is 29.1 Å². The van der Waals surface area contributed by atoms with Crippen LogP contribution in [0.1, 0.15) is 47.5 Å². The minimum absolute atomic E-state index is 0.106. The lowest BCUT2D eigenvalue weighted by atomic mass is 9.62. The van der Waals surface area contributed by atoms with Crippen LogP contribution in [0.25, 0.3) is 0 Å². The van der Waals surface area contributed by atoms with Crippen molar-refractivity contribution in [2.75, 3.05) is 19.0 Å². The van der Waals surface area contributed by atoms with Crippen LogP contribution in [0.5, 0.6) is 0 Å². The highest BCUT2D eigenvalue weighted by Crippen LogP contribution is 2.76. The lowest BCUT2D eigenvalue weighted by molar-refractivity contribution is -0.162. The first-order valence-electron chi connectivity index (χ1n) is 13.9. The van der Waals surface area contributed by atoms with E-state index in [1.54, 1.807) is 19.2 Å². The molecular weight excluding hydrogens is 566 g/mol. The molecule has 222 valence electrons. The van der Waals surface area contributed by atoms with Gasteiger partial charge in [0.25, 0.3) is 0 Å². The number of fused-ring (bicyclic) bond motifs is 5. The molecule has 1 unspecified atom stereocenters. The van der Waals surface area contributed by atoms with Gasteiger partial charge in [-0.3, -0.25) is 9.59 Å². The molecule has 0 bridgehead atoms. The third kappa shape index (κ3) is 4.92. The van der Waals surface area contributed by atoms with Gasteiger partial charge in [0, 0.05) is 48.5 Å². The lowest BCUT2D eigenvalue weighted by Gasteiger charge is -2.48. The van der Waals surface area contributed by atoms with E-state index in [0.717, 1.165) is 5.03 Å². The minimum atomic E-state index is -1.92. The molecule has 4 aliphatic carbocycles. The van der Waals surface area contributed by atoms with E-state index in [2.05, 4.69) is 4.98 Å². The first-order chi connectivity index (χ1) is 19.3. The van der Waals surface area contributed by atoms with Gasteiger partial charge < -0.3 is 24.4 Å². The summed E-state index contributed by atoms with van der Waals surface area (Å²) < 4.78 is 16.6. The number of hydrogen-bond acceptors (Lipinski definition) is 11. The zero-order valence-corrected chi connectivity index (χ0v) is 25.5. The standard InChI is InChI=1S/C30H37NO8S2/c1-17-12-22-28(35,25(17)33)15-20(16-38-26(34)37-10-11-40-41-23-8-6-7-9-31-23)13-21-24-27(4,5)29(24,39-19(3)32)14-18(2)30(21,22)36/h6-9,12-13,17-18,21,24,35-36H,10-11,14-16H2,1-5H3/t17?,18-,21+,24-,28-,29+,30-/m1/s1. The average Bonchev–Trinajstić information content (AvgIpc) is 3.31. The van der Waals surface area contributed by atoms with Crippen molar-refractivity contribution >= 4 is 39.5 Å². The molecule has 1 aromatic rings. The van der Waals surface area contributed by atoms with Crippen molar-refractivity contribution in [2.24, 2.45) is 29.1 Å². The van der Waals surface area contributed by atoms with Gasteiger partial charge >= 0.3 is 12.1 Å². The summed E-state index contributed by atoms with van der Waals surface area (Å²) in [5, 5.41) is 25.1. The smallest absolute Gasteiger partial charge is 0.458 e. The van der Waals surface area contributed by atoms with Gasteiger partial charge in [-0.1, -0.05) is 56.7 Å². The maximum absolute atomic E-state index is 13.3. The molecule has 1 heterocycles. The third-order valence-corrected chi connectivity index (χ3v) is 11.6. The van der Waals surface area contributed by atoms with Gasteiger partial charge in [-0.25, -0.2) is 9.78 Å². The van der Waals surface area contributed by atoms with E-state index in [0.29, 0.717) is 23.3 Å². The Morgan fingerprint density at radius 2 is 1.90 bits per heavy atom. The summed E-state index contributed by atoms with van der Waals surface area (Å²) in [6.07, 6.45) is 4.66. The topological polar surface area (TPSA) is 132 Å². The van der Waals surface area contributed by atoms with Gasteiger partial charge in [0.15, 0.2) is 11.4 Å². The molecule has 0 aromatic carbocycles. The Labute approximate surface area is 247 Å². The molecule has 2 saturated carbocycles. The number of esters is 1. The maximum Gasteiger partial charge on any atom is 0.508 e. The Morgan fingerprint density at radius 1 is 1.15 bits per heavy atom. The van der Waals surface area contributed by atoms with Crippen LogP contribution in [-0.4, -0.2) is 68.9 Å². The molecule has 1 aromatic heterocycles. The largest absolute Gasteiger partial charge is 0.508 e. The van der Waals surface area contributed by atoms with Gasteiger partial charge in [-0.2, -0.15) is 0 Å². The number of pyridine rings is 1. The summed E-state index contributed by atoms with van der Waals surface area (Å²) in [5.74, 6) is -2.09. The second-order valence-corrected chi connectivity index (χ2v) is 14.6. The molecule has 41 heavy (non-hydrogen) atoms. The van der Waals surface area contributed by atoms with Crippen molar-refractivity contribution in [3.8, 4) is 0 Å². The van der Waals surface area contributed by atoms with Crippen molar-refractivity contribution in [2.45, 2.75) is 69.3 Å². The van der Waals surface area contributed by atoms with Gasteiger partial charge in [-0.05, 0) is 46.4 Å². The van der Waals surface area contributed by atoms with Crippen molar-refractivity contribution in [1.82, 2.24) is 4.98 Å². The van der Waals surface area contributed by atoms with Crippen LogP contribution in [0.3, 0.4) is 0 Å². The number of Topliss-reactive ketones (excluding diaryl/α,β-unsaturated/α-hetero) is 1. The second-order valence-electron chi connectivity index (χ2n) is 12.2. The summed E-state index contributed by atoms with van der Waals surface area (Å²) in [5.41, 5.74) is -3.88. The van der Waals surface area contributed by atoms with Crippen LogP contribution in [0.4, 0.5) is 4.79 Å². The molecule has 0 radical (unpaired) electrons. The molecule has 11 heteroatoms. The summed E-state index contributed by atoms with van der Waals surface area (Å²) in [4.78, 5) is 42.1. The first-order valence-corrected chi connectivity index (χ1v) is 16.2. The van der Waals surface area contributed by atoms with E-state index in [-0.39, 0.29) is 31.5 Å². The Hall–Kier alpha value is -2.34. The lowest BCUT2D eigenvalue weighted by Crippen LogP contribution is -2.57. The molecule has 0 saturated heterocycles. The van der Waals surface area contributed by atoms with E-state index >= 15 is 0 Å². The third-order valence-electron chi connectivity index (χ3n) is 9.40. The van der Waals surface area contributed by atoms with E-state index in [9.17, 15) is 24.6 Å². The highest BCUT2D eigenvalue weighted by atomic mass is 33.1. The van der Waals surface area contributed by atoms with Crippen molar-refractivity contribution in [3.05, 3.63) is 47.7 Å². The quantitative estimate of drug-likeness (QED) is 0.188. The van der Waals surface area contributed by atoms with Gasteiger partial charge in [0.1, 0.15) is 23.8 Å². The van der Waals surface area contributed by atoms with Gasteiger partial charge in [0.2, 0.25) is 0 Å². The Kier molecular flexibility index (Phi) is 7.89. The van der Waals surface area contributed by atoms with Crippen molar-refractivity contribution in [3.63, 3.8) is 0 Å². The zero-order chi connectivity index (χ0) is 29.8. The van der Waals surface area contributed by atoms with Crippen LogP contribution >= 0.6 is 21.6 Å². The summed E-state index contributed by atoms with van der Waals surface area (Å²) in [7, 11) is 2.98. The molecule has 0 amide bonds. The molecular formula is C30H37NO8S2. The van der Waals surface area contributed by atoms with E-state index in [1.165, 1.54) is 28.5 Å². The number of nitrogens with zero attached hydrogens (tertiary/aromatic N) is 1. The fourth-order valence-electron chi connectivity index (χ4n) is 7.55. The number of hydrogen-bond donors (Lipinski definition) is 2. The fraction of sp³-hybridized carbons (Fsp3) is 0.600. The molecule has 0 spiro atoms. The van der Waals surface area contributed by atoms with Gasteiger partial charge in [0.05, 0.1) is 5.60 Å². The number of ketones is 1. The number of aromatic nitrogens is 1. The van der Waals surface area contributed by atoms with Crippen LogP contribution in [-0.2, 0) is 23.8 Å². The summed E-state index contributed by atoms with van der Waals surface area (Å²) in [6, 6.07) is 5.63. The van der Waals surface area contributed by atoms with Crippen molar-refractivity contribution < 1.29 is 38.8 Å². The molecule has 9 nitrogen and oxygen atoms in total. The summed E-state index contributed by atoms with van der Waals surface area (Å²) >= 11 is 0. The van der Waals surface area contributed by atoms with E-state index in [1.807, 2.05) is 45.0 Å². The SMILES string of the molecule is CC(=O)O[C@@]12C[C@@H](C)[C@]3(O)C4=CC(C)C(=O)[C@@]4(O)CC(COC(=O)OCCSSc4ccccn4)=C[C@H]3[C@@H]1C2(C)C. The first kappa shape index (κ1) is 30.1. The molecule has 0 aliphatic heterocycles. The zero-order valence-electron chi connectivity index (χ0n) is 23.9. The Bertz CT molecular complexity index is 1300. The molecule has 7 atom stereocenters. The second kappa shape index (κ2) is 10.7. The summed E-state index contributed by atoms with van der Waals surface area (Å²) in [6.45, 7) is 8.91. The van der Waals surface area contributed by atoms with Crippen LogP contribution in [0.2, 0.25) is 0 Å². The average molecular weight is 604 g/mol. The molecule has 2 N–H and O–H groups in total. The number of carbonyl (C=O) groups excluding carboxylic acids is 3. The van der Waals surface area contributed by atoms with Crippen LogP contribution < -0.4 is 0 Å². The molecule has 4 aliphatic rings. The normalized spacial score (nSPS) is 36.5. The maximum atomic E-state index is 13.3. The Morgan fingerprint density at radius 3 is 2.59 bits per heavy atom. The van der Waals surface area contributed by atoms with E-state index < -0.39 is 51.9 Å². The minimum Gasteiger partial charge on any atom is -0.458 e. The molecule has 2 fully saturated rings. The van der Waals surface area contributed by atoms with Gasteiger partial charge in [-0.15, -0.1) is 0 Å². The number of aliphatic hydroxyl groups is 2. The van der Waals surface area contributed by atoms with Crippen molar-refractivity contribution in [1.29, 1.82) is 0 Å². The van der Waals surface area contributed by atoms with Crippen LogP contribution in [0.15, 0.2) is 52.7 Å². The molecule has 5 rings (SSSR count).